The van der Waals surface area contributed by atoms with Crippen molar-refractivity contribution < 1.29 is 14.3 Å². The van der Waals surface area contributed by atoms with Gasteiger partial charge in [0, 0.05) is 19.6 Å². The van der Waals surface area contributed by atoms with Crippen molar-refractivity contribution in [2.75, 3.05) is 49.5 Å². The van der Waals surface area contributed by atoms with Gasteiger partial charge in [-0.15, -0.1) is 11.3 Å². The average molecular weight is 460 g/mol. The first-order valence-corrected chi connectivity index (χ1v) is 12.0. The van der Waals surface area contributed by atoms with Crippen molar-refractivity contribution in [3.8, 4) is 16.2 Å². The second kappa shape index (κ2) is 11.2. The molecule has 3 rings (SSSR count). The number of hydrogen-bond donors (Lipinski definition) is 3. The number of carbonyl (C=O) groups excluding carboxylic acids is 2. The predicted octanol–water partition coefficient (Wildman–Crippen LogP) is 3.72. The number of amides is 3. The molecule has 9 heteroatoms. The predicted molar refractivity (Wildman–Crippen MR) is 131 cm³/mol. The highest BCUT2D eigenvalue weighted by Gasteiger charge is 2.28. The molecule has 1 aromatic heterocycles. The summed E-state index contributed by atoms with van der Waals surface area (Å²) in [5, 5.41) is 2.97. The van der Waals surface area contributed by atoms with Crippen LogP contribution in [0.4, 0.5) is 15.5 Å². The molecule has 0 saturated carbocycles. The number of carbonyl (C=O) groups is 2. The third kappa shape index (κ3) is 5.72. The lowest BCUT2D eigenvalue weighted by molar-refractivity contribution is 0.100. The third-order valence-corrected chi connectivity index (χ3v) is 6.85. The maximum atomic E-state index is 12.4. The number of primary amides is 2. The molecule has 174 valence electrons. The monoisotopic (exact) mass is 459 g/mol. The van der Waals surface area contributed by atoms with Crippen LogP contribution in [0.1, 0.15) is 43.5 Å². The lowest BCUT2D eigenvalue weighted by Gasteiger charge is -2.30. The topological polar surface area (TPSA) is 114 Å². The number of thiophene rings is 1. The molecule has 1 fully saturated rings. The van der Waals surface area contributed by atoms with Gasteiger partial charge < -0.3 is 26.0 Å². The van der Waals surface area contributed by atoms with Gasteiger partial charge in [0.25, 0.3) is 5.91 Å². The van der Waals surface area contributed by atoms with E-state index in [0.717, 1.165) is 73.9 Å². The van der Waals surface area contributed by atoms with E-state index in [2.05, 4.69) is 29.0 Å². The lowest BCUT2D eigenvalue weighted by atomic mass is 10.0. The first kappa shape index (κ1) is 23.9. The third-order valence-electron chi connectivity index (χ3n) is 5.71. The van der Waals surface area contributed by atoms with Gasteiger partial charge >= 0.3 is 6.03 Å². The number of piperidine rings is 1. The van der Waals surface area contributed by atoms with Gasteiger partial charge in [0.15, 0.2) is 0 Å². The number of urea groups is 1. The van der Waals surface area contributed by atoms with Crippen LogP contribution in [0.25, 0.3) is 10.4 Å². The zero-order valence-corrected chi connectivity index (χ0v) is 19.7. The number of ether oxygens (including phenoxy) is 1. The quantitative estimate of drug-likeness (QED) is 0.501. The van der Waals surface area contributed by atoms with E-state index in [-0.39, 0.29) is 0 Å². The van der Waals surface area contributed by atoms with Gasteiger partial charge in [-0.05, 0) is 50.0 Å². The fourth-order valence-electron chi connectivity index (χ4n) is 4.03. The van der Waals surface area contributed by atoms with Crippen LogP contribution in [0.5, 0.6) is 5.75 Å². The summed E-state index contributed by atoms with van der Waals surface area (Å²) in [6, 6.07) is 7.10. The fraction of sp³-hybridized carbons (Fsp3) is 0.478. The molecule has 1 saturated heterocycles. The minimum Gasteiger partial charge on any atom is -0.492 e. The molecule has 3 amide bonds. The van der Waals surface area contributed by atoms with E-state index in [1.54, 1.807) is 0 Å². The van der Waals surface area contributed by atoms with Crippen molar-refractivity contribution in [1.29, 1.82) is 0 Å². The fourth-order valence-corrected chi connectivity index (χ4v) is 5.25. The summed E-state index contributed by atoms with van der Waals surface area (Å²) < 4.78 is 6.00. The van der Waals surface area contributed by atoms with Gasteiger partial charge in [-0.3, -0.25) is 10.1 Å². The molecule has 0 bridgehead atoms. The lowest BCUT2D eigenvalue weighted by Crippen LogP contribution is -2.31. The van der Waals surface area contributed by atoms with E-state index in [1.165, 1.54) is 11.3 Å². The van der Waals surface area contributed by atoms with Gasteiger partial charge in [0.2, 0.25) is 0 Å². The Bertz CT molecular complexity index is 936. The van der Waals surface area contributed by atoms with E-state index < -0.39 is 11.9 Å². The van der Waals surface area contributed by atoms with Crippen LogP contribution in [-0.2, 0) is 0 Å². The summed E-state index contributed by atoms with van der Waals surface area (Å²) in [6.07, 6.45) is 3.24. The molecule has 2 heterocycles. The number of anilines is 2. The van der Waals surface area contributed by atoms with Gasteiger partial charge in [0.1, 0.15) is 17.4 Å². The van der Waals surface area contributed by atoms with Crippen molar-refractivity contribution in [1.82, 2.24) is 4.90 Å². The van der Waals surface area contributed by atoms with E-state index >= 15 is 0 Å². The average Bonchev–Trinajstić information content (AvgIpc) is 3.16. The Balaban J connectivity index is 1.97. The number of nitrogens with one attached hydrogen (secondary N) is 1. The summed E-state index contributed by atoms with van der Waals surface area (Å²) in [7, 11) is 0. The van der Waals surface area contributed by atoms with E-state index in [4.69, 9.17) is 16.2 Å². The van der Waals surface area contributed by atoms with Crippen molar-refractivity contribution in [2.24, 2.45) is 11.5 Å². The number of nitrogens with two attached hydrogens (primary N) is 2. The first-order valence-electron chi connectivity index (χ1n) is 11.2. The van der Waals surface area contributed by atoms with Crippen molar-refractivity contribution in [2.45, 2.75) is 33.1 Å². The number of hydrogen-bond acceptors (Lipinski definition) is 6. The van der Waals surface area contributed by atoms with Crippen LogP contribution in [0, 0.1) is 0 Å². The Morgan fingerprint density at radius 2 is 1.88 bits per heavy atom. The second-order valence-corrected chi connectivity index (χ2v) is 8.81. The van der Waals surface area contributed by atoms with Gasteiger partial charge in [0.05, 0.1) is 16.1 Å². The Kier molecular flexibility index (Phi) is 8.35. The summed E-state index contributed by atoms with van der Waals surface area (Å²) in [4.78, 5) is 29.4. The SMILES string of the molecule is CCN(CC)CCOc1cccc(-c2sc(NC(N)=O)c(C(N)=O)c2N2CCCCC2)c1. The van der Waals surface area contributed by atoms with E-state index in [0.29, 0.717) is 17.2 Å². The zero-order chi connectivity index (χ0) is 23.1. The van der Waals surface area contributed by atoms with E-state index in [9.17, 15) is 9.59 Å². The first-order chi connectivity index (χ1) is 15.4. The molecule has 0 spiro atoms. The Labute approximate surface area is 193 Å². The molecule has 0 unspecified atom stereocenters. The standard InChI is InChI=1S/C23H33N5O3S/c1-3-27(4-2)13-14-31-17-10-8-9-16(15-17)20-19(28-11-6-5-7-12-28)18(21(24)29)22(32-20)26-23(25)30/h8-10,15H,3-7,11-14H2,1-2H3,(H2,24,29)(H3,25,26,30). The highest BCUT2D eigenvalue weighted by molar-refractivity contribution is 7.20. The summed E-state index contributed by atoms with van der Waals surface area (Å²) in [5.41, 5.74) is 13.1. The number of rotatable bonds is 10. The van der Waals surface area contributed by atoms with Crippen LogP contribution in [-0.4, -0.2) is 56.2 Å². The van der Waals surface area contributed by atoms with Gasteiger partial charge in [-0.2, -0.15) is 0 Å². The molecule has 8 nitrogen and oxygen atoms in total. The summed E-state index contributed by atoms with van der Waals surface area (Å²) in [5.74, 6) is 0.182. The maximum absolute atomic E-state index is 12.4. The van der Waals surface area contributed by atoms with Gasteiger partial charge in [-0.1, -0.05) is 26.0 Å². The van der Waals surface area contributed by atoms with Crippen LogP contribution >= 0.6 is 11.3 Å². The molecule has 1 aliphatic rings. The number of likely N-dealkylation sites (N-methyl/N-ethyl adjacent to an activating group) is 1. The van der Waals surface area contributed by atoms with Crippen molar-refractivity contribution in [3.05, 3.63) is 29.8 Å². The number of nitrogens with zero attached hydrogens (tertiary/aromatic N) is 2. The second-order valence-electron chi connectivity index (χ2n) is 7.79. The molecule has 1 aliphatic heterocycles. The molecule has 0 aliphatic carbocycles. The molecule has 0 radical (unpaired) electrons. The van der Waals surface area contributed by atoms with Gasteiger partial charge in [-0.25, -0.2) is 4.79 Å². The number of benzene rings is 1. The van der Waals surface area contributed by atoms with Crippen molar-refractivity contribution in [3.63, 3.8) is 0 Å². The molecule has 5 N–H and O–H groups in total. The molecule has 0 atom stereocenters. The highest BCUT2D eigenvalue weighted by Crippen LogP contribution is 2.47. The zero-order valence-electron chi connectivity index (χ0n) is 18.9. The normalized spacial score (nSPS) is 13.9. The molecular formula is C23H33N5O3S. The summed E-state index contributed by atoms with van der Waals surface area (Å²) in [6.45, 7) is 9.36. The minimum atomic E-state index is -0.723. The van der Waals surface area contributed by atoms with Crippen LogP contribution < -0.4 is 26.4 Å². The largest absolute Gasteiger partial charge is 0.492 e. The van der Waals surface area contributed by atoms with Crippen LogP contribution in [0.15, 0.2) is 24.3 Å². The Morgan fingerprint density at radius 1 is 1.16 bits per heavy atom. The maximum Gasteiger partial charge on any atom is 0.317 e. The molecule has 32 heavy (non-hydrogen) atoms. The molecule has 1 aromatic carbocycles. The smallest absolute Gasteiger partial charge is 0.317 e. The Morgan fingerprint density at radius 3 is 2.50 bits per heavy atom. The Hall–Kier alpha value is -2.78. The van der Waals surface area contributed by atoms with Crippen LogP contribution in [0.2, 0.25) is 0 Å². The molecule has 2 aromatic rings. The van der Waals surface area contributed by atoms with Crippen molar-refractivity contribution >= 4 is 34.0 Å². The molecular weight excluding hydrogens is 426 g/mol. The van der Waals surface area contributed by atoms with Crippen LogP contribution in [0.3, 0.4) is 0 Å². The minimum absolute atomic E-state index is 0.318. The van der Waals surface area contributed by atoms with E-state index in [1.807, 2.05) is 24.3 Å². The summed E-state index contributed by atoms with van der Waals surface area (Å²) >= 11 is 1.32. The highest BCUT2D eigenvalue weighted by atomic mass is 32.1.